The third kappa shape index (κ3) is 5.26. The maximum atomic E-state index is 13.4. The van der Waals surface area contributed by atoms with Crippen LogP contribution in [0.3, 0.4) is 0 Å². The van der Waals surface area contributed by atoms with Crippen molar-refractivity contribution in [1.82, 2.24) is 5.32 Å². The molecule has 0 saturated heterocycles. The molecule has 2 N–H and O–H groups in total. The number of hydrogen-bond donors (Lipinski definition) is 2. The van der Waals surface area contributed by atoms with E-state index in [9.17, 15) is 19.1 Å². The van der Waals surface area contributed by atoms with Crippen LogP contribution in [0.15, 0.2) is 47.4 Å². The van der Waals surface area contributed by atoms with E-state index in [1.54, 1.807) is 0 Å². The molecule has 1 amide bonds. The molecule has 0 aromatic rings. The average molecular weight is 372 g/mol. The Hall–Kier alpha value is -1.69. The Labute approximate surface area is 137 Å². The summed E-state index contributed by atoms with van der Waals surface area (Å²) in [7, 11) is 0. The highest BCUT2D eigenvalue weighted by atomic mass is 79.9. The van der Waals surface area contributed by atoms with Gasteiger partial charge in [-0.05, 0) is 25.0 Å². The smallest absolute Gasteiger partial charge is 0.307 e. The Morgan fingerprint density at radius 3 is 2.32 bits per heavy atom. The fourth-order valence-corrected chi connectivity index (χ4v) is 2.53. The molecule has 1 aliphatic rings. The van der Waals surface area contributed by atoms with E-state index in [-0.39, 0.29) is 5.70 Å². The molecule has 1 rings (SSSR count). The zero-order chi connectivity index (χ0) is 16.7. The molecule has 1 fully saturated rings. The lowest BCUT2D eigenvalue weighted by Gasteiger charge is -2.27. The lowest BCUT2D eigenvalue weighted by molar-refractivity contribution is -0.148. The van der Waals surface area contributed by atoms with Crippen molar-refractivity contribution in [2.75, 3.05) is 0 Å². The van der Waals surface area contributed by atoms with E-state index in [1.807, 2.05) is 0 Å². The van der Waals surface area contributed by atoms with Gasteiger partial charge in [0.05, 0.1) is 17.5 Å². The van der Waals surface area contributed by atoms with E-state index < -0.39 is 29.5 Å². The standard InChI is InChI=1S/C16H19BrFNO3/c1-3-11(17)8-9-14(10(2)18)19-15(20)12-6-4-5-7-13(12)16(21)22/h3,8-9,12-13H,1-2,4-7H2,(H,19,20)(H,21,22)/b11-8+,14-9+/t12-,13-/m0/s1. The van der Waals surface area contributed by atoms with Gasteiger partial charge in [-0.2, -0.15) is 0 Å². The van der Waals surface area contributed by atoms with Crippen molar-refractivity contribution < 1.29 is 19.1 Å². The van der Waals surface area contributed by atoms with Crippen LogP contribution in [-0.2, 0) is 9.59 Å². The van der Waals surface area contributed by atoms with Crippen molar-refractivity contribution in [1.29, 1.82) is 0 Å². The second-order valence-corrected chi connectivity index (χ2v) is 5.98. The second kappa shape index (κ2) is 8.68. The first kappa shape index (κ1) is 18.4. The van der Waals surface area contributed by atoms with E-state index in [1.165, 1.54) is 18.2 Å². The van der Waals surface area contributed by atoms with Crippen LogP contribution >= 0.6 is 15.9 Å². The number of allylic oxidation sites excluding steroid dienone is 5. The number of halogens is 2. The summed E-state index contributed by atoms with van der Waals surface area (Å²) in [5.41, 5.74) is -0.0847. The second-order valence-electron chi connectivity index (χ2n) is 5.07. The van der Waals surface area contributed by atoms with E-state index in [4.69, 9.17) is 0 Å². The maximum Gasteiger partial charge on any atom is 0.307 e. The molecule has 6 heteroatoms. The third-order valence-electron chi connectivity index (χ3n) is 3.57. The van der Waals surface area contributed by atoms with Crippen molar-refractivity contribution in [3.63, 3.8) is 0 Å². The van der Waals surface area contributed by atoms with Crippen LogP contribution in [0.2, 0.25) is 0 Å². The molecule has 2 atom stereocenters. The first-order valence-electron chi connectivity index (χ1n) is 6.95. The van der Waals surface area contributed by atoms with Gasteiger partial charge in [0.25, 0.3) is 0 Å². The van der Waals surface area contributed by atoms with Gasteiger partial charge in [0, 0.05) is 4.48 Å². The maximum absolute atomic E-state index is 13.4. The van der Waals surface area contributed by atoms with Crippen molar-refractivity contribution in [2.24, 2.45) is 11.8 Å². The Kier molecular flexibility index (Phi) is 7.24. The molecule has 0 aromatic heterocycles. The monoisotopic (exact) mass is 371 g/mol. The van der Waals surface area contributed by atoms with E-state index >= 15 is 0 Å². The molecule has 0 radical (unpaired) electrons. The Morgan fingerprint density at radius 2 is 1.82 bits per heavy atom. The lowest BCUT2D eigenvalue weighted by Crippen LogP contribution is -2.39. The van der Waals surface area contributed by atoms with Crippen LogP contribution in [0.25, 0.3) is 0 Å². The molecule has 0 unspecified atom stereocenters. The highest BCUT2D eigenvalue weighted by Gasteiger charge is 2.35. The van der Waals surface area contributed by atoms with Crippen LogP contribution in [0.1, 0.15) is 25.7 Å². The molecule has 4 nitrogen and oxygen atoms in total. The first-order chi connectivity index (χ1) is 10.4. The summed E-state index contributed by atoms with van der Waals surface area (Å²) in [5, 5.41) is 11.6. The lowest BCUT2D eigenvalue weighted by atomic mass is 9.78. The van der Waals surface area contributed by atoms with Gasteiger partial charge in [-0.25, -0.2) is 4.39 Å². The molecular formula is C16H19BrFNO3. The largest absolute Gasteiger partial charge is 0.481 e. The molecule has 1 saturated carbocycles. The minimum absolute atomic E-state index is 0.0847. The number of carboxylic acids is 1. The fraction of sp³-hybridized carbons (Fsp3) is 0.375. The van der Waals surface area contributed by atoms with Gasteiger partial charge >= 0.3 is 5.97 Å². The van der Waals surface area contributed by atoms with Gasteiger partial charge in [0.1, 0.15) is 5.83 Å². The van der Waals surface area contributed by atoms with E-state index in [0.717, 1.165) is 12.8 Å². The molecule has 0 bridgehead atoms. The molecular weight excluding hydrogens is 353 g/mol. The van der Waals surface area contributed by atoms with Crippen LogP contribution in [0, 0.1) is 11.8 Å². The molecule has 0 spiro atoms. The number of hydrogen-bond acceptors (Lipinski definition) is 2. The summed E-state index contributed by atoms with van der Waals surface area (Å²) >= 11 is 3.18. The predicted octanol–water partition coefficient (Wildman–Crippen LogP) is 3.83. The summed E-state index contributed by atoms with van der Waals surface area (Å²) in [6.07, 6.45) is 6.91. The summed E-state index contributed by atoms with van der Waals surface area (Å²) in [6.45, 7) is 6.71. The van der Waals surface area contributed by atoms with Crippen molar-refractivity contribution in [3.8, 4) is 0 Å². The number of rotatable bonds is 6. The molecule has 120 valence electrons. The van der Waals surface area contributed by atoms with Crippen molar-refractivity contribution in [2.45, 2.75) is 25.7 Å². The minimum atomic E-state index is -0.987. The van der Waals surface area contributed by atoms with E-state index in [2.05, 4.69) is 34.4 Å². The van der Waals surface area contributed by atoms with Gasteiger partial charge in [-0.3, -0.25) is 9.59 Å². The molecule has 1 aliphatic carbocycles. The zero-order valence-corrected chi connectivity index (χ0v) is 13.7. The molecule has 0 aliphatic heterocycles. The Bertz CT molecular complexity index is 540. The number of amides is 1. The Balaban J connectivity index is 2.88. The van der Waals surface area contributed by atoms with Crippen molar-refractivity contribution in [3.05, 3.63) is 47.4 Å². The van der Waals surface area contributed by atoms with Crippen LogP contribution in [0.5, 0.6) is 0 Å². The number of carbonyl (C=O) groups is 2. The summed E-state index contributed by atoms with van der Waals surface area (Å²) in [6, 6.07) is 0. The average Bonchev–Trinajstić information content (AvgIpc) is 2.50. The number of nitrogens with one attached hydrogen (secondary N) is 1. The van der Waals surface area contributed by atoms with Crippen LogP contribution in [-0.4, -0.2) is 17.0 Å². The third-order valence-corrected chi connectivity index (χ3v) is 4.16. The zero-order valence-electron chi connectivity index (χ0n) is 12.1. The van der Waals surface area contributed by atoms with Crippen LogP contribution < -0.4 is 5.32 Å². The van der Waals surface area contributed by atoms with Gasteiger partial charge in [0.15, 0.2) is 0 Å². The number of carbonyl (C=O) groups excluding carboxylic acids is 1. The molecule has 0 aromatic carbocycles. The number of carboxylic acid groups (broad SMARTS) is 1. The minimum Gasteiger partial charge on any atom is -0.481 e. The van der Waals surface area contributed by atoms with Gasteiger partial charge in [0.2, 0.25) is 5.91 Å². The van der Waals surface area contributed by atoms with Crippen molar-refractivity contribution >= 4 is 27.8 Å². The number of aliphatic carboxylic acids is 1. The van der Waals surface area contributed by atoms with Crippen LogP contribution in [0.4, 0.5) is 4.39 Å². The normalized spacial score (nSPS) is 22.8. The summed E-state index contributed by atoms with van der Waals surface area (Å²) in [5.74, 6) is -3.64. The van der Waals surface area contributed by atoms with Gasteiger partial charge in [-0.1, -0.05) is 48.0 Å². The summed E-state index contributed by atoms with van der Waals surface area (Å²) in [4.78, 5) is 23.5. The fourth-order valence-electron chi connectivity index (χ4n) is 2.40. The van der Waals surface area contributed by atoms with E-state index in [0.29, 0.717) is 17.3 Å². The SMILES string of the molecule is C=C/C(Br)=C\C=C(\NC(=O)[C@H]1CCCC[C@@H]1C(=O)O)C(=C)F. The molecule has 22 heavy (non-hydrogen) atoms. The predicted molar refractivity (Wildman–Crippen MR) is 86.8 cm³/mol. The quantitative estimate of drug-likeness (QED) is 0.697. The highest BCUT2D eigenvalue weighted by Crippen LogP contribution is 2.30. The molecule has 0 heterocycles. The highest BCUT2D eigenvalue weighted by molar-refractivity contribution is 9.11. The van der Waals surface area contributed by atoms with Gasteiger partial charge < -0.3 is 10.4 Å². The van der Waals surface area contributed by atoms with Gasteiger partial charge in [-0.15, -0.1) is 0 Å². The Morgan fingerprint density at radius 1 is 1.23 bits per heavy atom. The topological polar surface area (TPSA) is 66.4 Å². The first-order valence-corrected chi connectivity index (χ1v) is 7.74. The summed E-state index contributed by atoms with van der Waals surface area (Å²) < 4.78 is 14.1.